The largest absolute Gasteiger partial charge is 0.326 e. The van der Waals surface area contributed by atoms with Crippen molar-refractivity contribution >= 4 is 38.9 Å². The minimum Gasteiger partial charge on any atom is -0.326 e. The smallest absolute Gasteiger partial charge is 0.243 e. The van der Waals surface area contributed by atoms with Gasteiger partial charge < -0.3 is 10.2 Å². The summed E-state index contributed by atoms with van der Waals surface area (Å²) in [6, 6.07) is 13.9. The van der Waals surface area contributed by atoms with Crippen molar-refractivity contribution in [2.24, 2.45) is 0 Å². The van der Waals surface area contributed by atoms with Crippen LogP contribution in [0.25, 0.3) is 0 Å². The summed E-state index contributed by atoms with van der Waals surface area (Å²) in [4.78, 5) is 12.5. The van der Waals surface area contributed by atoms with Gasteiger partial charge in [-0.15, -0.1) is 0 Å². The molecule has 0 spiro atoms. The van der Waals surface area contributed by atoms with Crippen molar-refractivity contribution < 1.29 is 18.1 Å². The van der Waals surface area contributed by atoms with Crippen LogP contribution in [0.5, 0.6) is 0 Å². The Bertz CT molecular complexity index is 892. The van der Waals surface area contributed by atoms with Crippen LogP contribution in [0.4, 0.5) is 11.4 Å². The first-order chi connectivity index (χ1) is 12.4. The molecule has 6 nitrogen and oxygen atoms in total. The van der Waals surface area contributed by atoms with Gasteiger partial charge in [-0.2, -0.15) is 4.31 Å². The third kappa shape index (κ3) is 4.24. The summed E-state index contributed by atoms with van der Waals surface area (Å²) in [5.41, 5.74) is 1.65. The van der Waals surface area contributed by atoms with Gasteiger partial charge in [0.1, 0.15) is 5.69 Å². The molecule has 2 aromatic carbocycles. The number of carbonyl (C=O) groups is 1. The van der Waals surface area contributed by atoms with Crippen molar-refractivity contribution in [3.8, 4) is 0 Å². The van der Waals surface area contributed by atoms with Gasteiger partial charge in [-0.3, -0.25) is 4.79 Å². The fraction of sp³-hybridized carbons (Fsp3) is 0.278. The molecule has 0 atom stereocenters. The SMILES string of the molecule is CC(=O)Nc1ccc(S(=O)(=O)N2CC[NH+](c3cccc(Cl)c3)CC2)cc1. The van der Waals surface area contributed by atoms with E-state index < -0.39 is 10.0 Å². The molecule has 1 fully saturated rings. The van der Waals surface area contributed by atoms with Gasteiger partial charge in [0.05, 0.1) is 31.1 Å². The normalized spacial score (nSPS) is 16.4. The van der Waals surface area contributed by atoms with Gasteiger partial charge in [0, 0.05) is 23.7 Å². The number of anilines is 1. The summed E-state index contributed by atoms with van der Waals surface area (Å²) in [7, 11) is -3.54. The number of nitrogens with zero attached hydrogens (tertiary/aromatic N) is 1. The van der Waals surface area contributed by atoms with Crippen LogP contribution < -0.4 is 10.2 Å². The molecule has 26 heavy (non-hydrogen) atoms. The van der Waals surface area contributed by atoms with Crippen LogP contribution in [0.3, 0.4) is 0 Å². The topological polar surface area (TPSA) is 70.9 Å². The molecule has 2 N–H and O–H groups in total. The summed E-state index contributed by atoms with van der Waals surface area (Å²) >= 11 is 6.04. The molecule has 1 heterocycles. The van der Waals surface area contributed by atoms with Crippen molar-refractivity contribution in [1.82, 2.24) is 4.31 Å². The Morgan fingerprint density at radius 2 is 1.77 bits per heavy atom. The number of hydrogen-bond donors (Lipinski definition) is 2. The Balaban J connectivity index is 1.68. The van der Waals surface area contributed by atoms with Crippen molar-refractivity contribution in [3.05, 3.63) is 53.6 Å². The number of hydrogen-bond acceptors (Lipinski definition) is 3. The molecule has 1 amide bonds. The summed E-state index contributed by atoms with van der Waals surface area (Å²) in [6.45, 7) is 3.66. The van der Waals surface area contributed by atoms with E-state index in [-0.39, 0.29) is 10.8 Å². The lowest BCUT2D eigenvalue weighted by molar-refractivity contribution is -0.837. The molecule has 3 rings (SSSR count). The second-order valence-corrected chi connectivity index (χ2v) is 8.60. The fourth-order valence-corrected chi connectivity index (χ4v) is 4.69. The Morgan fingerprint density at radius 1 is 1.12 bits per heavy atom. The van der Waals surface area contributed by atoms with Gasteiger partial charge in [0.2, 0.25) is 15.9 Å². The lowest BCUT2D eigenvalue weighted by atomic mass is 10.2. The van der Waals surface area contributed by atoms with E-state index in [4.69, 9.17) is 11.6 Å². The molecule has 8 heteroatoms. The maximum atomic E-state index is 12.8. The summed E-state index contributed by atoms with van der Waals surface area (Å²) < 4.78 is 27.2. The molecule has 0 unspecified atom stereocenters. The summed E-state index contributed by atoms with van der Waals surface area (Å²) in [5, 5.41) is 3.31. The standard InChI is InChI=1S/C18H20ClN3O3S/c1-14(23)20-16-5-7-18(8-6-16)26(24,25)22-11-9-21(10-12-22)17-4-2-3-15(19)13-17/h2-8,13H,9-12H2,1H3,(H,20,23)/p+1. The van der Waals surface area contributed by atoms with Crippen molar-refractivity contribution in [2.45, 2.75) is 11.8 Å². The lowest BCUT2D eigenvalue weighted by Gasteiger charge is -2.31. The van der Waals surface area contributed by atoms with Crippen molar-refractivity contribution in [3.63, 3.8) is 0 Å². The van der Waals surface area contributed by atoms with Gasteiger partial charge >= 0.3 is 0 Å². The van der Waals surface area contributed by atoms with E-state index in [0.29, 0.717) is 36.9 Å². The quantitative estimate of drug-likeness (QED) is 0.826. The number of carbonyl (C=O) groups excluding carboxylic acids is 1. The van der Waals surface area contributed by atoms with E-state index in [2.05, 4.69) is 5.32 Å². The highest BCUT2D eigenvalue weighted by atomic mass is 35.5. The zero-order chi connectivity index (χ0) is 18.7. The van der Waals surface area contributed by atoms with Crippen molar-refractivity contribution in [2.75, 3.05) is 31.5 Å². The molecule has 138 valence electrons. The highest BCUT2D eigenvalue weighted by Crippen LogP contribution is 2.19. The number of quaternary nitrogens is 1. The number of benzene rings is 2. The van der Waals surface area contributed by atoms with E-state index in [1.54, 1.807) is 12.1 Å². The first-order valence-electron chi connectivity index (χ1n) is 8.35. The number of rotatable bonds is 4. The van der Waals surface area contributed by atoms with Crippen LogP contribution in [0.15, 0.2) is 53.4 Å². The van der Waals surface area contributed by atoms with Crippen LogP contribution in [0.2, 0.25) is 5.02 Å². The molecule has 0 aromatic heterocycles. The molecule has 0 saturated carbocycles. The Hall–Kier alpha value is -1.93. The predicted molar refractivity (Wildman–Crippen MR) is 101 cm³/mol. The van der Waals surface area contributed by atoms with Crippen LogP contribution >= 0.6 is 11.6 Å². The number of sulfonamides is 1. The van der Waals surface area contributed by atoms with E-state index in [1.165, 1.54) is 28.3 Å². The number of amides is 1. The van der Waals surface area contributed by atoms with E-state index in [0.717, 1.165) is 5.69 Å². The van der Waals surface area contributed by atoms with Gasteiger partial charge in [-0.05, 0) is 36.4 Å². The zero-order valence-electron chi connectivity index (χ0n) is 14.4. The molecule has 1 saturated heterocycles. The first kappa shape index (κ1) is 18.8. The highest BCUT2D eigenvalue weighted by molar-refractivity contribution is 7.89. The van der Waals surface area contributed by atoms with Crippen LogP contribution in [-0.4, -0.2) is 44.8 Å². The average molecular weight is 395 g/mol. The minimum absolute atomic E-state index is 0.194. The second kappa shape index (κ2) is 7.75. The van der Waals surface area contributed by atoms with E-state index in [1.807, 2.05) is 24.3 Å². The third-order valence-electron chi connectivity index (χ3n) is 4.37. The summed E-state index contributed by atoms with van der Waals surface area (Å²) in [6.07, 6.45) is 0. The predicted octanol–water partition coefficient (Wildman–Crippen LogP) is 1.52. The molecule has 2 aromatic rings. The van der Waals surface area contributed by atoms with Gasteiger partial charge in [-0.1, -0.05) is 17.7 Å². The highest BCUT2D eigenvalue weighted by Gasteiger charge is 2.31. The van der Waals surface area contributed by atoms with Gasteiger partial charge in [0.25, 0.3) is 0 Å². The number of halogens is 1. The van der Waals surface area contributed by atoms with Gasteiger partial charge in [0.15, 0.2) is 0 Å². The molecular formula is C18H21ClN3O3S+. The maximum Gasteiger partial charge on any atom is 0.243 e. The monoisotopic (exact) mass is 394 g/mol. The molecule has 0 aliphatic carbocycles. The molecule has 1 aliphatic rings. The van der Waals surface area contributed by atoms with Crippen molar-refractivity contribution in [1.29, 1.82) is 0 Å². The van der Waals surface area contributed by atoms with Crippen LogP contribution in [0.1, 0.15) is 6.92 Å². The number of piperazine rings is 1. The molecule has 0 bridgehead atoms. The van der Waals surface area contributed by atoms with E-state index >= 15 is 0 Å². The summed E-state index contributed by atoms with van der Waals surface area (Å²) in [5.74, 6) is -0.194. The maximum absolute atomic E-state index is 12.8. The zero-order valence-corrected chi connectivity index (χ0v) is 16.0. The fourth-order valence-electron chi connectivity index (χ4n) is 3.06. The van der Waals surface area contributed by atoms with Gasteiger partial charge in [-0.25, -0.2) is 8.42 Å². The van der Waals surface area contributed by atoms with Crippen LogP contribution in [-0.2, 0) is 14.8 Å². The number of nitrogens with one attached hydrogen (secondary N) is 2. The third-order valence-corrected chi connectivity index (χ3v) is 6.52. The molecule has 1 aliphatic heterocycles. The Labute approximate surface area is 158 Å². The molecule has 0 radical (unpaired) electrons. The Morgan fingerprint density at radius 3 is 2.35 bits per heavy atom. The lowest BCUT2D eigenvalue weighted by Crippen LogP contribution is -3.10. The first-order valence-corrected chi connectivity index (χ1v) is 10.2. The van der Waals surface area contributed by atoms with E-state index in [9.17, 15) is 13.2 Å². The Kier molecular flexibility index (Phi) is 5.62. The van der Waals surface area contributed by atoms with Crippen LogP contribution in [0, 0.1) is 0 Å². The average Bonchev–Trinajstić information content (AvgIpc) is 2.62. The molecular weight excluding hydrogens is 374 g/mol. The minimum atomic E-state index is -3.54. The second-order valence-electron chi connectivity index (χ2n) is 6.22.